The number of rotatable bonds is 4. The zero-order valence-corrected chi connectivity index (χ0v) is 10.6. The Kier molecular flexibility index (Phi) is 3.49. The van der Waals surface area contributed by atoms with Crippen LogP contribution in [-0.2, 0) is 9.53 Å². The molecule has 0 heterocycles. The van der Waals surface area contributed by atoms with Crippen LogP contribution in [0.3, 0.4) is 0 Å². The van der Waals surface area contributed by atoms with Crippen LogP contribution >= 0.6 is 15.9 Å². The summed E-state index contributed by atoms with van der Waals surface area (Å²) >= 11 is 3.35. The van der Waals surface area contributed by atoms with Gasteiger partial charge in [-0.25, -0.2) is 4.79 Å². The molecule has 1 aromatic rings. The summed E-state index contributed by atoms with van der Waals surface area (Å²) in [6.07, 6.45) is 1.62. The standard InChI is InChI=1S/C12H13BrO3/c1-15-12(14)11(8-2-3-8)16-10-6-4-9(13)5-7-10/h4-8,11H,2-3H2,1H3. The number of halogens is 1. The predicted octanol–water partition coefficient (Wildman–Crippen LogP) is 2.78. The van der Waals surface area contributed by atoms with Crippen molar-refractivity contribution in [2.45, 2.75) is 18.9 Å². The van der Waals surface area contributed by atoms with Gasteiger partial charge in [-0.15, -0.1) is 0 Å². The lowest BCUT2D eigenvalue weighted by molar-refractivity contribution is -0.149. The number of hydrogen-bond donors (Lipinski definition) is 0. The summed E-state index contributed by atoms with van der Waals surface area (Å²) < 4.78 is 11.4. The monoisotopic (exact) mass is 284 g/mol. The molecule has 1 aliphatic rings. The second kappa shape index (κ2) is 4.87. The van der Waals surface area contributed by atoms with E-state index in [-0.39, 0.29) is 5.97 Å². The van der Waals surface area contributed by atoms with Gasteiger partial charge in [0.2, 0.25) is 0 Å². The Morgan fingerprint density at radius 1 is 1.38 bits per heavy atom. The van der Waals surface area contributed by atoms with Crippen LogP contribution in [0.2, 0.25) is 0 Å². The number of benzene rings is 1. The van der Waals surface area contributed by atoms with Crippen LogP contribution in [0, 0.1) is 5.92 Å². The van der Waals surface area contributed by atoms with Gasteiger partial charge >= 0.3 is 5.97 Å². The van der Waals surface area contributed by atoms with E-state index < -0.39 is 6.10 Å². The summed E-state index contributed by atoms with van der Waals surface area (Å²) in [4.78, 5) is 11.5. The van der Waals surface area contributed by atoms with Crippen LogP contribution in [0.5, 0.6) is 5.75 Å². The van der Waals surface area contributed by atoms with Crippen molar-refractivity contribution in [3.63, 3.8) is 0 Å². The molecule has 2 rings (SSSR count). The van der Waals surface area contributed by atoms with Gasteiger partial charge in [0.05, 0.1) is 7.11 Å². The molecule has 3 nitrogen and oxygen atoms in total. The summed E-state index contributed by atoms with van der Waals surface area (Å²) in [5, 5.41) is 0. The van der Waals surface area contributed by atoms with E-state index in [4.69, 9.17) is 9.47 Å². The Balaban J connectivity index is 2.05. The number of carbonyl (C=O) groups excluding carboxylic acids is 1. The molecule has 0 saturated heterocycles. The normalized spacial score (nSPS) is 16.6. The lowest BCUT2D eigenvalue weighted by Crippen LogP contribution is -2.30. The molecule has 0 N–H and O–H groups in total. The fourth-order valence-corrected chi connectivity index (χ4v) is 1.78. The van der Waals surface area contributed by atoms with Crippen LogP contribution in [-0.4, -0.2) is 19.2 Å². The van der Waals surface area contributed by atoms with E-state index in [2.05, 4.69) is 15.9 Å². The van der Waals surface area contributed by atoms with Crippen LogP contribution < -0.4 is 4.74 Å². The molecule has 86 valence electrons. The molecule has 0 amide bonds. The highest BCUT2D eigenvalue weighted by Crippen LogP contribution is 2.35. The largest absolute Gasteiger partial charge is 0.478 e. The zero-order chi connectivity index (χ0) is 11.5. The lowest BCUT2D eigenvalue weighted by Gasteiger charge is -2.16. The smallest absolute Gasteiger partial charge is 0.347 e. The first-order valence-electron chi connectivity index (χ1n) is 5.21. The molecule has 1 fully saturated rings. The molecule has 0 spiro atoms. The molecular formula is C12H13BrO3. The van der Waals surface area contributed by atoms with E-state index in [1.165, 1.54) is 7.11 Å². The van der Waals surface area contributed by atoms with Gasteiger partial charge < -0.3 is 9.47 Å². The lowest BCUT2D eigenvalue weighted by atomic mass is 10.2. The molecule has 1 aromatic carbocycles. The van der Waals surface area contributed by atoms with Crippen molar-refractivity contribution >= 4 is 21.9 Å². The highest BCUT2D eigenvalue weighted by Gasteiger charge is 2.38. The third-order valence-electron chi connectivity index (χ3n) is 2.56. The minimum Gasteiger partial charge on any atom is -0.478 e. The number of ether oxygens (including phenoxy) is 2. The Morgan fingerprint density at radius 3 is 2.50 bits per heavy atom. The molecule has 0 radical (unpaired) electrons. The van der Waals surface area contributed by atoms with E-state index in [0.717, 1.165) is 17.3 Å². The fraction of sp³-hybridized carbons (Fsp3) is 0.417. The summed E-state index contributed by atoms with van der Waals surface area (Å²) in [5.74, 6) is 0.729. The molecule has 1 atom stereocenters. The maximum Gasteiger partial charge on any atom is 0.347 e. The molecule has 0 bridgehead atoms. The number of esters is 1. The highest BCUT2D eigenvalue weighted by molar-refractivity contribution is 9.10. The quantitative estimate of drug-likeness (QED) is 0.798. The topological polar surface area (TPSA) is 35.5 Å². The summed E-state index contributed by atoms with van der Waals surface area (Å²) in [5.41, 5.74) is 0. The number of carbonyl (C=O) groups is 1. The van der Waals surface area contributed by atoms with Crippen LogP contribution in [0.15, 0.2) is 28.7 Å². The first-order valence-corrected chi connectivity index (χ1v) is 6.00. The van der Waals surface area contributed by atoms with Gasteiger partial charge in [0.25, 0.3) is 0 Å². The number of methoxy groups -OCH3 is 1. The molecule has 4 heteroatoms. The average molecular weight is 285 g/mol. The maximum absolute atomic E-state index is 11.5. The summed E-state index contributed by atoms with van der Waals surface area (Å²) in [7, 11) is 1.39. The van der Waals surface area contributed by atoms with E-state index in [1.807, 2.05) is 24.3 Å². The Hall–Kier alpha value is -1.03. The van der Waals surface area contributed by atoms with Crippen molar-refractivity contribution in [1.82, 2.24) is 0 Å². The second-order valence-electron chi connectivity index (χ2n) is 3.85. The third-order valence-corrected chi connectivity index (χ3v) is 3.09. The third kappa shape index (κ3) is 2.76. The molecule has 0 aromatic heterocycles. The van der Waals surface area contributed by atoms with Gasteiger partial charge in [-0.05, 0) is 37.1 Å². The van der Waals surface area contributed by atoms with Crippen molar-refractivity contribution in [3.8, 4) is 5.75 Å². The van der Waals surface area contributed by atoms with Gasteiger partial charge in [-0.2, -0.15) is 0 Å². The second-order valence-corrected chi connectivity index (χ2v) is 4.77. The maximum atomic E-state index is 11.5. The van der Waals surface area contributed by atoms with Crippen molar-refractivity contribution in [1.29, 1.82) is 0 Å². The van der Waals surface area contributed by atoms with Gasteiger partial charge in [0, 0.05) is 10.4 Å². The zero-order valence-electron chi connectivity index (χ0n) is 8.98. The van der Waals surface area contributed by atoms with Crippen LogP contribution in [0.1, 0.15) is 12.8 Å². The van der Waals surface area contributed by atoms with Crippen molar-refractivity contribution in [2.75, 3.05) is 7.11 Å². The first-order chi connectivity index (χ1) is 7.70. The van der Waals surface area contributed by atoms with E-state index in [9.17, 15) is 4.79 Å². The van der Waals surface area contributed by atoms with Crippen molar-refractivity contribution < 1.29 is 14.3 Å². The Labute approximate surface area is 103 Å². The molecule has 0 aliphatic heterocycles. The van der Waals surface area contributed by atoms with E-state index >= 15 is 0 Å². The van der Waals surface area contributed by atoms with Crippen molar-refractivity contribution in [3.05, 3.63) is 28.7 Å². The Bertz CT molecular complexity index is 370. The molecule has 16 heavy (non-hydrogen) atoms. The van der Waals surface area contributed by atoms with Crippen LogP contribution in [0.4, 0.5) is 0 Å². The van der Waals surface area contributed by atoms with Gasteiger partial charge in [-0.1, -0.05) is 15.9 Å². The van der Waals surface area contributed by atoms with E-state index in [1.54, 1.807) is 0 Å². The van der Waals surface area contributed by atoms with E-state index in [0.29, 0.717) is 11.7 Å². The SMILES string of the molecule is COC(=O)C(Oc1ccc(Br)cc1)C1CC1. The van der Waals surface area contributed by atoms with Gasteiger partial charge in [-0.3, -0.25) is 0 Å². The highest BCUT2D eigenvalue weighted by atomic mass is 79.9. The predicted molar refractivity (Wildman–Crippen MR) is 63.3 cm³/mol. The Morgan fingerprint density at radius 2 is 2.00 bits per heavy atom. The molecule has 1 aliphatic carbocycles. The molecular weight excluding hydrogens is 272 g/mol. The van der Waals surface area contributed by atoms with Crippen LogP contribution in [0.25, 0.3) is 0 Å². The molecule has 1 unspecified atom stereocenters. The molecule has 1 saturated carbocycles. The summed E-state index contributed by atoms with van der Waals surface area (Å²) in [6.45, 7) is 0. The van der Waals surface area contributed by atoms with Gasteiger partial charge in [0.1, 0.15) is 5.75 Å². The minimum atomic E-state index is -0.453. The first kappa shape index (κ1) is 11.5. The minimum absolute atomic E-state index is 0.287. The van der Waals surface area contributed by atoms with Gasteiger partial charge in [0.15, 0.2) is 6.10 Å². The fourth-order valence-electron chi connectivity index (χ4n) is 1.51. The number of hydrogen-bond acceptors (Lipinski definition) is 3. The summed E-state index contributed by atoms with van der Waals surface area (Å²) in [6, 6.07) is 7.44. The van der Waals surface area contributed by atoms with Crippen molar-refractivity contribution in [2.24, 2.45) is 5.92 Å². The average Bonchev–Trinajstić information content (AvgIpc) is 3.11.